The van der Waals surface area contributed by atoms with E-state index in [9.17, 15) is 14.9 Å². The first-order chi connectivity index (χ1) is 8.97. The predicted molar refractivity (Wildman–Crippen MR) is 70.0 cm³/mol. The quantitative estimate of drug-likeness (QED) is 0.443. The molecule has 0 N–H and O–H groups in total. The Kier molecular flexibility index (Phi) is 5.23. The normalized spacial score (nSPS) is 10.3. The lowest BCUT2D eigenvalue weighted by Crippen LogP contribution is -2.37. The van der Waals surface area contributed by atoms with Crippen LogP contribution in [0.1, 0.15) is 20.8 Å². The van der Waals surface area contributed by atoms with Crippen LogP contribution in [0.3, 0.4) is 0 Å². The largest absolute Gasteiger partial charge is 0.465 e. The van der Waals surface area contributed by atoms with Crippen molar-refractivity contribution in [2.24, 2.45) is 0 Å². The molecule has 0 bridgehead atoms. The Morgan fingerprint density at radius 3 is 2.79 bits per heavy atom. The van der Waals surface area contributed by atoms with Crippen LogP contribution >= 0.6 is 0 Å². The van der Waals surface area contributed by atoms with Crippen LogP contribution in [0.2, 0.25) is 0 Å². The van der Waals surface area contributed by atoms with E-state index in [1.54, 1.807) is 11.8 Å². The number of carbonyl (C=O) groups excluding carboxylic acids is 1. The molecule has 1 heterocycles. The van der Waals surface area contributed by atoms with Gasteiger partial charge in [0, 0.05) is 18.3 Å². The zero-order valence-corrected chi connectivity index (χ0v) is 11.2. The maximum Gasteiger partial charge on any atom is 0.325 e. The van der Waals surface area contributed by atoms with Gasteiger partial charge in [0.15, 0.2) is 0 Å². The van der Waals surface area contributed by atoms with Crippen molar-refractivity contribution in [2.45, 2.75) is 26.8 Å². The van der Waals surface area contributed by atoms with Gasteiger partial charge in [-0.05, 0) is 26.8 Å². The number of nitrogens with zero attached hydrogens (tertiary/aromatic N) is 3. The first-order valence-electron chi connectivity index (χ1n) is 5.99. The van der Waals surface area contributed by atoms with Gasteiger partial charge in [-0.15, -0.1) is 0 Å². The molecule has 0 aliphatic carbocycles. The molecule has 7 nitrogen and oxygen atoms in total. The van der Waals surface area contributed by atoms with Gasteiger partial charge in [0.2, 0.25) is 5.82 Å². The number of ether oxygens (including phenoxy) is 1. The second-order valence-corrected chi connectivity index (χ2v) is 4.13. The molecule has 1 aromatic heterocycles. The first-order valence-corrected chi connectivity index (χ1v) is 5.99. The number of hydrogen-bond donors (Lipinski definition) is 0. The van der Waals surface area contributed by atoms with Crippen molar-refractivity contribution in [3.8, 4) is 0 Å². The molecule has 0 fully saturated rings. The lowest BCUT2D eigenvalue weighted by molar-refractivity contribution is -0.384. The highest BCUT2D eigenvalue weighted by Crippen LogP contribution is 2.26. The van der Waals surface area contributed by atoms with Gasteiger partial charge in [-0.3, -0.25) is 14.9 Å². The molecule has 0 unspecified atom stereocenters. The molecular formula is C12H17N3O4. The van der Waals surface area contributed by atoms with Crippen LogP contribution in [-0.2, 0) is 9.53 Å². The number of hydrogen-bond acceptors (Lipinski definition) is 6. The molecule has 0 spiro atoms. The minimum absolute atomic E-state index is 0.0661. The van der Waals surface area contributed by atoms with Crippen molar-refractivity contribution in [1.29, 1.82) is 0 Å². The molecule has 104 valence electrons. The fraction of sp³-hybridized carbons (Fsp3) is 0.500. The summed E-state index contributed by atoms with van der Waals surface area (Å²) in [6.07, 6.45) is 1.46. The van der Waals surface area contributed by atoms with E-state index in [0.29, 0.717) is 0 Å². The maximum atomic E-state index is 11.6. The Morgan fingerprint density at radius 2 is 2.26 bits per heavy atom. The highest BCUT2D eigenvalue weighted by molar-refractivity contribution is 5.76. The van der Waals surface area contributed by atoms with Crippen molar-refractivity contribution in [2.75, 3.05) is 18.1 Å². The van der Waals surface area contributed by atoms with Gasteiger partial charge in [-0.1, -0.05) is 0 Å². The van der Waals surface area contributed by atoms with E-state index in [1.165, 1.54) is 18.3 Å². The SMILES string of the molecule is CCOC(=O)CN(c1ncccc1[N+](=O)[O-])C(C)C. The summed E-state index contributed by atoms with van der Waals surface area (Å²) in [6.45, 7) is 5.58. The fourth-order valence-electron chi connectivity index (χ4n) is 1.60. The Balaban J connectivity index is 3.06. The van der Waals surface area contributed by atoms with Crippen LogP contribution in [-0.4, -0.2) is 35.1 Å². The number of pyridine rings is 1. The highest BCUT2D eigenvalue weighted by Gasteiger charge is 2.24. The zero-order chi connectivity index (χ0) is 14.4. The van der Waals surface area contributed by atoms with E-state index in [-0.39, 0.29) is 30.7 Å². The van der Waals surface area contributed by atoms with Gasteiger partial charge < -0.3 is 9.64 Å². The number of rotatable bonds is 6. The third-order valence-corrected chi connectivity index (χ3v) is 2.46. The third kappa shape index (κ3) is 3.90. The summed E-state index contributed by atoms with van der Waals surface area (Å²) in [5, 5.41) is 11.0. The monoisotopic (exact) mass is 267 g/mol. The Bertz CT molecular complexity index is 462. The lowest BCUT2D eigenvalue weighted by Gasteiger charge is -2.26. The molecule has 19 heavy (non-hydrogen) atoms. The first kappa shape index (κ1) is 14.9. The summed E-state index contributed by atoms with van der Waals surface area (Å²) in [4.78, 5) is 27.6. The summed E-state index contributed by atoms with van der Waals surface area (Å²) in [5.41, 5.74) is -0.125. The van der Waals surface area contributed by atoms with Crippen molar-refractivity contribution >= 4 is 17.5 Å². The predicted octanol–water partition coefficient (Wildman–Crippen LogP) is 1.77. The van der Waals surface area contributed by atoms with Crippen LogP contribution in [0, 0.1) is 10.1 Å². The Morgan fingerprint density at radius 1 is 1.58 bits per heavy atom. The number of carbonyl (C=O) groups is 1. The topological polar surface area (TPSA) is 85.6 Å². The molecule has 7 heteroatoms. The molecule has 0 saturated heterocycles. The molecule has 0 atom stereocenters. The van der Waals surface area contributed by atoms with Crippen molar-refractivity contribution in [1.82, 2.24) is 4.98 Å². The highest BCUT2D eigenvalue weighted by atomic mass is 16.6. The van der Waals surface area contributed by atoms with E-state index >= 15 is 0 Å². The van der Waals surface area contributed by atoms with Gasteiger partial charge >= 0.3 is 11.7 Å². The lowest BCUT2D eigenvalue weighted by atomic mass is 10.2. The molecular weight excluding hydrogens is 250 g/mol. The molecule has 0 aliphatic rings. The number of aromatic nitrogens is 1. The summed E-state index contributed by atoms with van der Waals surface area (Å²) in [5.74, 6) is -0.258. The van der Waals surface area contributed by atoms with Crippen LogP contribution in [0.15, 0.2) is 18.3 Å². The van der Waals surface area contributed by atoms with E-state index in [4.69, 9.17) is 4.74 Å². The summed E-state index contributed by atoms with van der Waals surface area (Å²) in [7, 11) is 0. The molecule has 0 radical (unpaired) electrons. The van der Waals surface area contributed by atoms with Crippen molar-refractivity contribution in [3.63, 3.8) is 0 Å². The summed E-state index contributed by atoms with van der Waals surface area (Å²) >= 11 is 0. The van der Waals surface area contributed by atoms with Gasteiger partial charge in [0.05, 0.1) is 11.5 Å². The van der Waals surface area contributed by atoms with E-state index in [0.717, 1.165) is 0 Å². The van der Waals surface area contributed by atoms with Crippen LogP contribution < -0.4 is 4.90 Å². The van der Waals surface area contributed by atoms with Gasteiger partial charge in [-0.25, -0.2) is 4.98 Å². The number of esters is 1. The molecule has 0 saturated carbocycles. The summed E-state index contributed by atoms with van der Waals surface area (Å²) < 4.78 is 4.87. The number of nitro groups is 1. The van der Waals surface area contributed by atoms with Gasteiger partial charge in [0.1, 0.15) is 6.54 Å². The minimum Gasteiger partial charge on any atom is -0.465 e. The van der Waals surface area contributed by atoms with Crippen LogP contribution in [0.4, 0.5) is 11.5 Å². The second kappa shape index (κ2) is 6.67. The Labute approximate surface area is 111 Å². The van der Waals surface area contributed by atoms with Crippen molar-refractivity contribution < 1.29 is 14.5 Å². The number of anilines is 1. The van der Waals surface area contributed by atoms with Crippen LogP contribution in [0.25, 0.3) is 0 Å². The maximum absolute atomic E-state index is 11.6. The molecule has 1 aromatic rings. The molecule has 1 rings (SSSR count). The standard InChI is InChI=1S/C12H17N3O4/c1-4-19-11(16)8-14(9(2)3)12-10(15(17)18)6-5-7-13-12/h5-7,9H,4,8H2,1-3H3. The van der Waals surface area contributed by atoms with Crippen molar-refractivity contribution in [3.05, 3.63) is 28.4 Å². The molecule has 0 aliphatic heterocycles. The second-order valence-electron chi connectivity index (χ2n) is 4.13. The molecule has 0 amide bonds. The zero-order valence-electron chi connectivity index (χ0n) is 11.2. The van der Waals surface area contributed by atoms with Gasteiger partial charge in [0.25, 0.3) is 0 Å². The average Bonchev–Trinajstić information content (AvgIpc) is 2.36. The van der Waals surface area contributed by atoms with E-state index < -0.39 is 10.9 Å². The Hall–Kier alpha value is -2.18. The van der Waals surface area contributed by atoms with Crippen LogP contribution in [0.5, 0.6) is 0 Å². The molecule has 0 aromatic carbocycles. The van der Waals surface area contributed by atoms with Gasteiger partial charge in [-0.2, -0.15) is 0 Å². The van der Waals surface area contributed by atoms with E-state index in [1.807, 2.05) is 13.8 Å². The summed E-state index contributed by atoms with van der Waals surface area (Å²) in [6, 6.07) is 2.74. The smallest absolute Gasteiger partial charge is 0.325 e. The average molecular weight is 267 g/mol. The minimum atomic E-state index is -0.511. The fourth-order valence-corrected chi connectivity index (χ4v) is 1.60. The third-order valence-electron chi connectivity index (χ3n) is 2.46. The van der Waals surface area contributed by atoms with E-state index in [2.05, 4.69) is 4.98 Å².